The molecule has 3 heteroatoms. The quantitative estimate of drug-likeness (QED) is 0.814. The number of nitrogens with zero attached hydrogens (tertiary/aromatic N) is 1. The predicted molar refractivity (Wildman–Crippen MR) is 72.6 cm³/mol. The van der Waals surface area contributed by atoms with E-state index < -0.39 is 0 Å². The van der Waals surface area contributed by atoms with Crippen molar-refractivity contribution in [2.45, 2.75) is 25.7 Å². The van der Waals surface area contributed by atoms with Crippen LogP contribution in [-0.2, 0) is 0 Å². The fourth-order valence-corrected chi connectivity index (χ4v) is 2.63. The number of hydrogen-bond donors (Lipinski definition) is 1. The van der Waals surface area contributed by atoms with E-state index in [0.29, 0.717) is 0 Å². The zero-order valence-corrected chi connectivity index (χ0v) is 10.8. The standard InChI is InChI=1S/C14H22N2O/c1-16(10-11-5-3-4-6-11)13-7-12(15)8-14(9-13)17-2/h7-9,11H,3-6,10,15H2,1-2H3. The van der Waals surface area contributed by atoms with Crippen LogP contribution in [0.1, 0.15) is 25.7 Å². The normalized spacial score (nSPS) is 16.1. The first kappa shape index (κ1) is 12.1. The Hall–Kier alpha value is -1.38. The molecule has 2 rings (SSSR count). The highest BCUT2D eigenvalue weighted by atomic mass is 16.5. The molecule has 1 aromatic rings. The number of hydrogen-bond acceptors (Lipinski definition) is 3. The van der Waals surface area contributed by atoms with Crippen LogP contribution in [0, 0.1) is 5.92 Å². The molecule has 0 bridgehead atoms. The van der Waals surface area contributed by atoms with E-state index in [0.717, 1.165) is 29.6 Å². The summed E-state index contributed by atoms with van der Waals surface area (Å²) in [6.45, 7) is 1.12. The smallest absolute Gasteiger partial charge is 0.122 e. The van der Waals surface area contributed by atoms with Crippen molar-refractivity contribution in [1.82, 2.24) is 0 Å². The molecule has 0 heterocycles. The highest BCUT2D eigenvalue weighted by molar-refractivity contribution is 5.60. The van der Waals surface area contributed by atoms with Gasteiger partial charge >= 0.3 is 0 Å². The Morgan fingerprint density at radius 3 is 2.65 bits per heavy atom. The van der Waals surface area contributed by atoms with Crippen LogP contribution in [0.2, 0.25) is 0 Å². The van der Waals surface area contributed by atoms with Gasteiger partial charge in [-0.3, -0.25) is 0 Å². The second-order valence-corrected chi connectivity index (χ2v) is 5.00. The van der Waals surface area contributed by atoms with Crippen LogP contribution >= 0.6 is 0 Å². The van der Waals surface area contributed by atoms with Crippen molar-refractivity contribution in [3.05, 3.63) is 18.2 Å². The van der Waals surface area contributed by atoms with Crippen LogP contribution in [0.5, 0.6) is 5.75 Å². The summed E-state index contributed by atoms with van der Waals surface area (Å²) in [5.74, 6) is 1.67. The van der Waals surface area contributed by atoms with Gasteiger partial charge in [0.05, 0.1) is 7.11 Å². The average molecular weight is 234 g/mol. The minimum atomic E-state index is 0.762. The molecule has 1 fully saturated rings. The molecule has 1 aliphatic carbocycles. The molecule has 17 heavy (non-hydrogen) atoms. The Bertz CT molecular complexity index is 372. The van der Waals surface area contributed by atoms with Crippen molar-refractivity contribution in [3.8, 4) is 5.75 Å². The monoisotopic (exact) mass is 234 g/mol. The molecule has 0 atom stereocenters. The lowest BCUT2D eigenvalue weighted by Crippen LogP contribution is -2.24. The van der Waals surface area contributed by atoms with Crippen LogP contribution in [0.4, 0.5) is 11.4 Å². The average Bonchev–Trinajstić information content (AvgIpc) is 2.81. The van der Waals surface area contributed by atoms with Gasteiger partial charge in [-0.15, -0.1) is 0 Å². The Balaban J connectivity index is 2.06. The summed E-state index contributed by atoms with van der Waals surface area (Å²) in [6, 6.07) is 5.91. The Morgan fingerprint density at radius 2 is 2.00 bits per heavy atom. The van der Waals surface area contributed by atoms with E-state index in [-0.39, 0.29) is 0 Å². The van der Waals surface area contributed by atoms with E-state index in [1.54, 1.807) is 7.11 Å². The lowest BCUT2D eigenvalue weighted by atomic mass is 10.1. The van der Waals surface area contributed by atoms with Gasteiger partial charge in [0.2, 0.25) is 0 Å². The molecule has 2 N–H and O–H groups in total. The third-order valence-electron chi connectivity index (χ3n) is 3.60. The second-order valence-electron chi connectivity index (χ2n) is 5.00. The number of anilines is 2. The Labute approximate surface area is 104 Å². The van der Waals surface area contributed by atoms with E-state index in [1.807, 2.05) is 18.2 Å². The maximum atomic E-state index is 5.87. The number of methoxy groups -OCH3 is 1. The summed E-state index contributed by atoms with van der Waals surface area (Å²) in [7, 11) is 3.81. The minimum Gasteiger partial charge on any atom is -0.497 e. The minimum absolute atomic E-state index is 0.762. The fourth-order valence-electron chi connectivity index (χ4n) is 2.63. The molecule has 1 aromatic carbocycles. The van der Waals surface area contributed by atoms with Gasteiger partial charge in [0.1, 0.15) is 5.75 Å². The largest absolute Gasteiger partial charge is 0.497 e. The van der Waals surface area contributed by atoms with E-state index in [4.69, 9.17) is 10.5 Å². The summed E-state index contributed by atoms with van der Waals surface area (Å²) in [4.78, 5) is 2.29. The number of benzene rings is 1. The number of nitrogens with two attached hydrogens (primary N) is 1. The molecule has 0 radical (unpaired) electrons. The topological polar surface area (TPSA) is 38.5 Å². The van der Waals surface area contributed by atoms with Crippen molar-refractivity contribution >= 4 is 11.4 Å². The lowest BCUT2D eigenvalue weighted by Gasteiger charge is -2.23. The SMILES string of the molecule is COc1cc(N)cc(N(C)CC2CCCC2)c1. The molecule has 1 saturated carbocycles. The van der Waals surface area contributed by atoms with Crippen molar-refractivity contribution in [3.63, 3.8) is 0 Å². The molecule has 0 aromatic heterocycles. The summed E-state index contributed by atoms with van der Waals surface area (Å²) < 4.78 is 5.25. The molecule has 0 aliphatic heterocycles. The summed E-state index contributed by atoms with van der Waals surface area (Å²) >= 11 is 0. The second kappa shape index (κ2) is 5.30. The molecule has 1 aliphatic rings. The molecule has 0 amide bonds. The van der Waals surface area contributed by atoms with Gasteiger partial charge in [-0.25, -0.2) is 0 Å². The van der Waals surface area contributed by atoms with E-state index in [9.17, 15) is 0 Å². The highest BCUT2D eigenvalue weighted by Gasteiger charge is 2.17. The number of rotatable bonds is 4. The molecule has 0 spiro atoms. The zero-order valence-electron chi connectivity index (χ0n) is 10.8. The predicted octanol–water partition coefficient (Wildman–Crippen LogP) is 2.90. The Morgan fingerprint density at radius 1 is 1.29 bits per heavy atom. The lowest BCUT2D eigenvalue weighted by molar-refractivity contribution is 0.415. The van der Waals surface area contributed by atoms with Crippen molar-refractivity contribution in [1.29, 1.82) is 0 Å². The highest BCUT2D eigenvalue weighted by Crippen LogP contribution is 2.29. The molecule has 0 unspecified atom stereocenters. The van der Waals surface area contributed by atoms with Crippen molar-refractivity contribution in [2.75, 3.05) is 31.3 Å². The molecule has 94 valence electrons. The molecular weight excluding hydrogens is 212 g/mol. The maximum absolute atomic E-state index is 5.87. The summed E-state index contributed by atoms with van der Waals surface area (Å²) in [5, 5.41) is 0. The first-order chi connectivity index (χ1) is 8.19. The van der Waals surface area contributed by atoms with E-state index >= 15 is 0 Å². The van der Waals surface area contributed by atoms with Gasteiger partial charge in [0.15, 0.2) is 0 Å². The Kier molecular flexibility index (Phi) is 3.77. The molecular formula is C14H22N2O. The van der Waals surface area contributed by atoms with E-state index in [2.05, 4.69) is 11.9 Å². The van der Waals surface area contributed by atoms with Crippen LogP contribution in [-0.4, -0.2) is 20.7 Å². The van der Waals surface area contributed by atoms with Gasteiger partial charge in [-0.05, 0) is 24.8 Å². The van der Waals surface area contributed by atoms with Crippen LogP contribution in [0.25, 0.3) is 0 Å². The summed E-state index contributed by atoms with van der Waals surface area (Å²) in [5.41, 5.74) is 7.78. The fraction of sp³-hybridized carbons (Fsp3) is 0.571. The van der Waals surface area contributed by atoms with Crippen molar-refractivity contribution < 1.29 is 4.74 Å². The van der Waals surface area contributed by atoms with E-state index in [1.165, 1.54) is 25.7 Å². The first-order valence-corrected chi connectivity index (χ1v) is 6.34. The zero-order chi connectivity index (χ0) is 12.3. The van der Waals surface area contributed by atoms with Crippen LogP contribution in [0.3, 0.4) is 0 Å². The van der Waals surface area contributed by atoms with Crippen LogP contribution < -0.4 is 15.4 Å². The van der Waals surface area contributed by atoms with Gasteiger partial charge in [-0.1, -0.05) is 12.8 Å². The first-order valence-electron chi connectivity index (χ1n) is 6.34. The summed E-state index contributed by atoms with van der Waals surface area (Å²) in [6.07, 6.45) is 5.51. The van der Waals surface area contributed by atoms with Gasteiger partial charge < -0.3 is 15.4 Å². The molecule has 0 saturated heterocycles. The van der Waals surface area contributed by atoms with Gasteiger partial charge in [0, 0.05) is 37.1 Å². The van der Waals surface area contributed by atoms with Gasteiger partial charge in [0.25, 0.3) is 0 Å². The molecule has 3 nitrogen and oxygen atoms in total. The van der Waals surface area contributed by atoms with Crippen LogP contribution in [0.15, 0.2) is 18.2 Å². The van der Waals surface area contributed by atoms with Crippen molar-refractivity contribution in [2.24, 2.45) is 5.92 Å². The number of nitrogen functional groups attached to an aromatic ring is 1. The third kappa shape index (κ3) is 3.05. The third-order valence-corrected chi connectivity index (χ3v) is 3.60. The maximum Gasteiger partial charge on any atom is 0.122 e. The van der Waals surface area contributed by atoms with Gasteiger partial charge in [-0.2, -0.15) is 0 Å². The number of ether oxygens (including phenoxy) is 1.